The van der Waals surface area contributed by atoms with Crippen LogP contribution in [0, 0.1) is 23.7 Å². The molecule has 5 rings (SSSR count). The fourth-order valence-corrected chi connectivity index (χ4v) is 5.49. The molecule has 4 aliphatic carbocycles. The minimum Gasteiger partial charge on any atom is -0.364 e. The summed E-state index contributed by atoms with van der Waals surface area (Å²) < 4.78 is 5.73. The van der Waals surface area contributed by atoms with Gasteiger partial charge in [0.05, 0.1) is 6.10 Å². The lowest BCUT2D eigenvalue weighted by atomic mass is 9.54. The number of hydrogen-bond acceptors (Lipinski definition) is 3. The van der Waals surface area contributed by atoms with Crippen LogP contribution in [0.15, 0.2) is 0 Å². The second-order valence-corrected chi connectivity index (χ2v) is 7.52. The van der Waals surface area contributed by atoms with Crippen LogP contribution < -0.4 is 11.1 Å². The van der Waals surface area contributed by atoms with Crippen LogP contribution in [-0.2, 0) is 9.53 Å². The first-order valence-corrected chi connectivity index (χ1v) is 8.39. The van der Waals surface area contributed by atoms with Crippen molar-refractivity contribution in [2.75, 3.05) is 6.54 Å². The fourth-order valence-electron chi connectivity index (χ4n) is 5.49. The molecule has 1 heterocycles. The van der Waals surface area contributed by atoms with E-state index < -0.39 is 0 Å². The molecule has 4 nitrogen and oxygen atoms in total. The molecule has 4 saturated carbocycles. The van der Waals surface area contributed by atoms with Gasteiger partial charge in [0, 0.05) is 12.6 Å². The van der Waals surface area contributed by atoms with Crippen molar-refractivity contribution < 1.29 is 9.53 Å². The third-order valence-corrected chi connectivity index (χ3v) is 6.20. The molecular weight excluding hydrogens is 252 g/mol. The molecule has 2 atom stereocenters. The van der Waals surface area contributed by atoms with E-state index >= 15 is 0 Å². The second kappa shape index (κ2) is 4.99. The first kappa shape index (κ1) is 13.1. The summed E-state index contributed by atoms with van der Waals surface area (Å²) in [5, 5.41) is 3.34. The van der Waals surface area contributed by atoms with Crippen molar-refractivity contribution >= 4 is 5.91 Å². The molecule has 0 aromatic rings. The van der Waals surface area contributed by atoms with Crippen molar-refractivity contribution in [1.29, 1.82) is 0 Å². The summed E-state index contributed by atoms with van der Waals surface area (Å²) in [4.78, 5) is 12.4. The quantitative estimate of drug-likeness (QED) is 0.821. The van der Waals surface area contributed by atoms with Gasteiger partial charge in [-0.15, -0.1) is 0 Å². The van der Waals surface area contributed by atoms with Crippen molar-refractivity contribution in [2.24, 2.45) is 29.4 Å². The Morgan fingerprint density at radius 2 is 1.70 bits per heavy atom. The Hall–Kier alpha value is -0.610. The molecule has 1 aliphatic heterocycles. The third-order valence-electron chi connectivity index (χ3n) is 6.20. The Labute approximate surface area is 120 Å². The topological polar surface area (TPSA) is 64.4 Å². The van der Waals surface area contributed by atoms with Crippen LogP contribution >= 0.6 is 0 Å². The molecule has 0 aromatic heterocycles. The zero-order chi connectivity index (χ0) is 13.7. The maximum atomic E-state index is 12.4. The maximum Gasteiger partial charge on any atom is 0.249 e. The van der Waals surface area contributed by atoms with Crippen LogP contribution in [-0.4, -0.2) is 30.7 Å². The summed E-state index contributed by atoms with van der Waals surface area (Å²) in [6, 6.07) is 0.427. The summed E-state index contributed by atoms with van der Waals surface area (Å²) in [6.45, 7) is 0.530. The van der Waals surface area contributed by atoms with E-state index in [0.29, 0.717) is 12.6 Å². The molecule has 20 heavy (non-hydrogen) atoms. The van der Waals surface area contributed by atoms with E-state index in [-0.39, 0.29) is 18.1 Å². The molecule has 0 aromatic carbocycles. The number of amides is 1. The molecule has 3 N–H and O–H groups in total. The Morgan fingerprint density at radius 1 is 1.05 bits per heavy atom. The minimum atomic E-state index is -0.249. The van der Waals surface area contributed by atoms with Crippen molar-refractivity contribution in [3.63, 3.8) is 0 Å². The summed E-state index contributed by atoms with van der Waals surface area (Å²) in [5.74, 6) is 3.51. The maximum absolute atomic E-state index is 12.4. The average Bonchev–Trinajstić information content (AvgIpc) is 2.91. The highest BCUT2D eigenvalue weighted by molar-refractivity contribution is 5.81. The summed E-state index contributed by atoms with van der Waals surface area (Å²) >= 11 is 0. The van der Waals surface area contributed by atoms with Gasteiger partial charge in [-0.05, 0) is 68.6 Å². The van der Waals surface area contributed by atoms with E-state index in [1.807, 2.05) is 0 Å². The van der Waals surface area contributed by atoms with Crippen molar-refractivity contribution in [3.05, 3.63) is 0 Å². The highest BCUT2D eigenvalue weighted by Gasteiger charge is 2.49. The van der Waals surface area contributed by atoms with Crippen LogP contribution in [0.1, 0.15) is 44.9 Å². The minimum absolute atomic E-state index is 0.0873. The highest BCUT2D eigenvalue weighted by atomic mass is 16.5. The van der Waals surface area contributed by atoms with Crippen molar-refractivity contribution in [2.45, 2.75) is 63.2 Å². The zero-order valence-corrected chi connectivity index (χ0v) is 12.1. The average molecular weight is 278 g/mol. The van der Waals surface area contributed by atoms with Gasteiger partial charge in [0.25, 0.3) is 0 Å². The van der Waals surface area contributed by atoms with Gasteiger partial charge < -0.3 is 15.8 Å². The number of carbonyl (C=O) groups is 1. The molecule has 0 spiro atoms. The highest BCUT2D eigenvalue weighted by Crippen LogP contribution is 2.53. The second-order valence-electron chi connectivity index (χ2n) is 7.52. The summed E-state index contributed by atoms with van der Waals surface area (Å²) in [5.41, 5.74) is 5.62. The van der Waals surface area contributed by atoms with Crippen LogP contribution in [0.2, 0.25) is 0 Å². The van der Waals surface area contributed by atoms with E-state index in [0.717, 1.165) is 36.5 Å². The molecule has 4 heteroatoms. The monoisotopic (exact) mass is 278 g/mol. The van der Waals surface area contributed by atoms with E-state index in [1.54, 1.807) is 0 Å². The molecule has 5 aliphatic rings. The molecule has 0 unspecified atom stereocenters. The van der Waals surface area contributed by atoms with Gasteiger partial charge in [-0.2, -0.15) is 0 Å². The number of nitrogens with one attached hydrogen (secondary N) is 1. The van der Waals surface area contributed by atoms with Crippen LogP contribution in [0.4, 0.5) is 0 Å². The molecule has 5 fully saturated rings. The number of nitrogens with two attached hydrogens (primary N) is 1. The zero-order valence-electron chi connectivity index (χ0n) is 12.1. The number of hydrogen-bond donors (Lipinski definition) is 2. The first-order valence-electron chi connectivity index (χ1n) is 8.39. The Balaban J connectivity index is 1.38. The van der Waals surface area contributed by atoms with Gasteiger partial charge in [-0.25, -0.2) is 0 Å². The van der Waals surface area contributed by atoms with E-state index in [9.17, 15) is 4.79 Å². The van der Waals surface area contributed by atoms with Crippen LogP contribution in [0.5, 0.6) is 0 Å². The molecule has 1 saturated heterocycles. The van der Waals surface area contributed by atoms with Crippen molar-refractivity contribution in [1.82, 2.24) is 5.32 Å². The molecule has 0 radical (unpaired) electrons. The lowest BCUT2D eigenvalue weighted by molar-refractivity contribution is -0.135. The van der Waals surface area contributed by atoms with Crippen LogP contribution in [0.3, 0.4) is 0 Å². The van der Waals surface area contributed by atoms with Crippen LogP contribution in [0.25, 0.3) is 0 Å². The lowest BCUT2D eigenvalue weighted by Gasteiger charge is -2.54. The van der Waals surface area contributed by atoms with E-state index in [4.69, 9.17) is 10.5 Å². The number of rotatable bonds is 3. The molecule has 112 valence electrons. The van der Waals surface area contributed by atoms with Gasteiger partial charge >= 0.3 is 0 Å². The smallest absolute Gasteiger partial charge is 0.249 e. The predicted octanol–water partition coefficient (Wildman–Crippen LogP) is 1.43. The van der Waals surface area contributed by atoms with Gasteiger partial charge in [0.1, 0.15) is 6.10 Å². The van der Waals surface area contributed by atoms with E-state index in [1.165, 1.54) is 32.1 Å². The first-order chi connectivity index (χ1) is 9.72. The fraction of sp³-hybridized carbons (Fsp3) is 0.938. The Kier molecular flexibility index (Phi) is 3.26. The lowest BCUT2D eigenvalue weighted by Crippen LogP contribution is -2.57. The predicted molar refractivity (Wildman–Crippen MR) is 75.9 cm³/mol. The summed E-state index contributed by atoms with van der Waals surface area (Å²) in [7, 11) is 0. The molecular formula is C16H26N2O2. The van der Waals surface area contributed by atoms with Gasteiger partial charge in [0.15, 0.2) is 0 Å². The standard InChI is InChI=1S/C16H26N2O2/c17-8-13-1-2-14(20-13)16(19)18-15-11-4-9-3-10(6-11)7-12(15)5-9/h9-15H,1-8,17H2,(H,18,19)/t9?,10?,11?,12?,13-,14+,15?/m1/s1. The number of ether oxygens (including phenoxy) is 1. The summed E-state index contributed by atoms with van der Waals surface area (Å²) in [6.07, 6.45) is 8.42. The third kappa shape index (κ3) is 2.17. The SMILES string of the molecule is NC[C@H]1CC[C@@H](C(=O)NC2C3CC4CC(C3)CC2C4)O1. The molecule has 1 amide bonds. The van der Waals surface area contributed by atoms with E-state index in [2.05, 4.69) is 5.32 Å². The Morgan fingerprint density at radius 3 is 2.25 bits per heavy atom. The Bertz CT molecular complexity index is 370. The largest absolute Gasteiger partial charge is 0.364 e. The van der Waals surface area contributed by atoms with Gasteiger partial charge in [-0.1, -0.05) is 0 Å². The number of carbonyl (C=O) groups excluding carboxylic acids is 1. The normalized spacial score (nSPS) is 49.5. The van der Waals surface area contributed by atoms with Gasteiger partial charge in [-0.3, -0.25) is 4.79 Å². The van der Waals surface area contributed by atoms with Gasteiger partial charge in [0.2, 0.25) is 5.91 Å². The van der Waals surface area contributed by atoms with Crippen molar-refractivity contribution in [3.8, 4) is 0 Å². The molecule has 4 bridgehead atoms.